The van der Waals surface area contributed by atoms with Crippen molar-refractivity contribution in [3.8, 4) is 0 Å². The van der Waals surface area contributed by atoms with E-state index in [1.165, 1.54) is 51.0 Å². The van der Waals surface area contributed by atoms with E-state index in [0.29, 0.717) is 18.7 Å². The average Bonchev–Trinajstić information content (AvgIpc) is 3.15. The molecule has 1 amide bonds. The average molecular weight is 753 g/mol. The van der Waals surface area contributed by atoms with Gasteiger partial charge in [0.25, 0.3) is 0 Å². The lowest BCUT2D eigenvalue weighted by Gasteiger charge is -2.33. The molecule has 0 rings (SSSR count). The minimum absolute atomic E-state index is 0.0252. The van der Waals surface area contributed by atoms with Crippen LogP contribution in [0.2, 0.25) is 0 Å². The topological polar surface area (TPSA) is 94.6 Å². The van der Waals surface area contributed by atoms with E-state index in [-0.39, 0.29) is 24.2 Å². The van der Waals surface area contributed by atoms with Gasteiger partial charge in [0.05, 0.1) is 0 Å². The van der Waals surface area contributed by atoms with Gasteiger partial charge in [-0.2, -0.15) is 9.78 Å². The number of carbonyl (C=O) groups is 3. The molecule has 9 nitrogen and oxygen atoms in total. The third-order valence-electron chi connectivity index (χ3n) is 10.2. The molecule has 0 aromatic heterocycles. The molecular weight excluding hydrogens is 668 g/mol. The molecule has 0 radical (unpaired) electrons. The molecule has 9 heteroatoms. The van der Waals surface area contributed by atoms with Gasteiger partial charge >= 0.3 is 11.9 Å². The Kier molecular flexibility index (Phi) is 35.6. The summed E-state index contributed by atoms with van der Waals surface area (Å²) in [5.41, 5.74) is 0. The highest BCUT2D eigenvalue weighted by atomic mass is 17.2. The molecule has 312 valence electrons. The number of hydrogen-bond donors (Lipinski definition) is 0. The van der Waals surface area contributed by atoms with Gasteiger partial charge in [0.2, 0.25) is 5.91 Å². The molecule has 0 aromatic carbocycles. The maximum atomic E-state index is 13.8. The summed E-state index contributed by atoms with van der Waals surface area (Å²) < 4.78 is 0. The third-order valence-corrected chi connectivity index (χ3v) is 10.2. The Balaban J connectivity index is 5.13. The fourth-order valence-electron chi connectivity index (χ4n) is 6.57. The molecule has 0 saturated heterocycles. The van der Waals surface area contributed by atoms with Crippen LogP contribution in [0.15, 0.2) is 12.2 Å². The van der Waals surface area contributed by atoms with Gasteiger partial charge in [0.15, 0.2) is 0 Å². The van der Waals surface area contributed by atoms with Crippen molar-refractivity contribution in [3.63, 3.8) is 0 Å². The predicted molar refractivity (Wildman–Crippen MR) is 218 cm³/mol. The first-order valence-corrected chi connectivity index (χ1v) is 22.1. The summed E-state index contributed by atoms with van der Waals surface area (Å²) in [6.07, 6.45) is 30.6. The summed E-state index contributed by atoms with van der Waals surface area (Å²) in [4.78, 5) is 62.7. The number of allylic oxidation sites excluding steroid dienone is 1. The van der Waals surface area contributed by atoms with Crippen molar-refractivity contribution < 1.29 is 33.9 Å². The highest BCUT2D eigenvalue weighted by Crippen LogP contribution is 2.22. The van der Waals surface area contributed by atoms with Crippen LogP contribution in [0.25, 0.3) is 0 Å². The van der Waals surface area contributed by atoms with Crippen molar-refractivity contribution >= 4 is 17.8 Å². The van der Waals surface area contributed by atoms with Crippen molar-refractivity contribution in [2.45, 2.75) is 226 Å². The standard InChI is InChI=1S/C44H84N2O7/c1-8-13-14-15-16-17-20-25-32-39(33-26-22-23-28-36-44(49)53-51-41(11-4)12-5)46(42(47)34-29-31-37-45(6)7)38-30-24-19-18-21-27-35-43(48)52-50-40(9-2)10-3/h28,36,39-41H,8-27,29-35,37-38H2,1-7H3. The van der Waals surface area contributed by atoms with Crippen molar-refractivity contribution in [1.29, 1.82) is 0 Å². The van der Waals surface area contributed by atoms with Gasteiger partial charge in [0.1, 0.15) is 12.2 Å². The SMILES string of the molecule is CCCCCCCCCCC(CCCCC=CC(=O)OOC(CC)CC)N(CCCCCCCCC(=O)OOC(CC)CC)C(=O)CCCCN(C)C. The molecule has 53 heavy (non-hydrogen) atoms. The van der Waals surface area contributed by atoms with Gasteiger partial charge < -0.3 is 9.80 Å². The van der Waals surface area contributed by atoms with Gasteiger partial charge in [-0.05, 0) is 97.7 Å². The van der Waals surface area contributed by atoms with Crippen LogP contribution >= 0.6 is 0 Å². The minimum Gasteiger partial charge on any atom is -0.340 e. The minimum atomic E-state index is -0.458. The quantitative estimate of drug-likeness (QED) is 0.0266. The Morgan fingerprint density at radius 3 is 1.62 bits per heavy atom. The third kappa shape index (κ3) is 31.0. The van der Waals surface area contributed by atoms with Gasteiger partial charge in [-0.1, -0.05) is 124 Å². The molecule has 1 unspecified atom stereocenters. The summed E-state index contributed by atoms with van der Waals surface area (Å²) >= 11 is 0. The predicted octanol–water partition coefficient (Wildman–Crippen LogP) is 11.6. The zero-order valence-corrected chi connectivity index (χ0v) is 35.6. The fourth-order valence-corrected chi connectivity index (χ4v) is 6.57. The lowest BCUT2D eigenvalue weighted by Crippen LogP contribution is -2.41. The lowest BCUT2D eigenvalue weighted by molar-refractivity contribution is -0.298. The number of hydrogen-bond acceptors (Lipinski definition) is 8. The smallest absolute Gasteiger partial charge is 0.340 e. The summed E-state index contributed by atoms with van der Waals surface area (Å²) in [5, 5.41) is 0. The van der Waals surface area contributed by atoms with Crippen molar-refractivity contribution in [2.75, 3.05) is 27.2 Å². The molecule has 0 aliphatic rings. The van der Waals surface area contributed by atoms with Gasteiger partial charge in [-0.25, -0.2) is 9.59 Å². The van der Waals surface area contributed by atoms with Crippen LogP contribution in [-0.2, 0) is 33.9 Å². The first kappa shape index (κ1) is 51.0. The number of carbonyl (C=O) groups excluding carboxylic acids is 3. The second-order valence-electron chi connectivity index (χ2n) is 15.3. The van der Waals surface area contributed by atoms with E-state index in [0.717, 1.165) is 129 Å². The van der Waals surface area contributed by atoms with Crippen molar-refractivity contribution in [2.24, 2.45) is 0 Å². The molecule has 0 heterocycles. The highest BCUT2D eigenvalue weighted by Gasteiger charge is 2.23. The monoisotopic (exact) mass is 753 g/mol. The molecule has 0 fully saturated rings. The molecule has 0 aliphatic heterocycles. The zero-order chi connectivity index (χ0) is 39.4. The Labute approximate surface area is 326 Å². The van der Waals surface area contributed by atoms with E-state index in [1.54, 1.807) is 0 Å². The number of unbranched alkanes of at least 4 members (excludes halogenated alkanes) is 15. The summed E-state index contributed by atoms with van der Waals surface area (Å²) in [7, 11) is 4.17. The maximum Gasteiger partial charge on any atom is 0.365 e. The van der Waals surface area contributed by atoms with Gasteiger partial charge in [0, 0.05) is 31.5 Å². The highest BCUT2D eigenvalue weighted by molar-refractivity contribution is 5.81. The van der Waals surface area contributed by atoms with Crippen LogP contribution in [0.3, 0.4) is 0 Å². The van der Waals surface area contributed by atoms with E-state index < -0.39 is 5.97 Å². The van der Waals surface area contributed by atoms with Crippen molar-refractivity contribution in [1.82, 2.24) is 9.80 Å². The molecule has 0 aromatic rings. The normalized spacial score (nSPS) is 12.3. The van der Waals surface area contributed by atoms with Crippen LogP contribution in [0.5, 0.6) is 0 Å². The Hall–Kier alpha value is -1.97. The van der Waals surface area contributed by atoms with E-state index in [2.05, 4.69) is 30.8 Å². The number of nitrogens with zero attached hydrogens (tertiary/aromatic N) is 2. The Morgan fingerprint density at radius 1 is 0.547 bits per heavy atom. The zero-order valence-electron chi connectivity index (χ0n) is 35.6. The second-order valence-corrected chi connectivity index (χ2v) is 15.3. The second kappa shape index (κ2) is 37.0. The largest absolute Gasteiger partial charge is 0.365 e. The molecule has 1 atom stereocenters. The van der Waals surface area contributed by atoms with Crippen LogP contribution < -0.4 is 0 Å². The maximum absolute atomic E-state index is 13.8. The summed E-state index contributed by atoms with van der Waals surface area (Å²) in [6, 6.07) is 0.257. The van der Waals surface area contributed by atoms with E-state index >= 15 is 0 Å². The molecule has 0 N–H and O–H groups in total. The van der Waals surface area contributed by atoms with Crippen LogP contribution in [0.4, 0.5) is 0 Å². The van der Waals surface area contributed by atoms with E-state index in [4.69, 9.17) is 19.6 Å². The Morgan fingerprint density at radius 2 is 1.04 bits per heavy atom. The summed E-state index contributed by atoms with van der Waals surface area (Å²) in [6.45, 7) is 12.2. The Bertz CT molecular complexity index is 889. The fraction of sp³-hybridized carbons (Fsp3) is 0.886. The number of amides is 1. The van der Waals surface area contributed by atoms with E-state index in [1.807, 2.05) is 33.8 Å². The molecule has 0 bridgehead atoms. The van der Waals surface area contributed by atoms with Crippen LogP contribution in [0.1, 0.15) is 208 Å². The molecular formula is C44H84N2O7. The van der Waals surface area contributed by atoms with Gasteiger partial charge in [-0.3, -0.25) is 14.6 Å². The molecule has 0 saturated carbocycles. The van der Waals surface area contributed by atoms with Crippen LogP contribution in [0, 0.1) is 0 Å². The summed E-state index contributed by atoms with van der Waals surface area (Å²) in [5.74, 6) is -0.428. The van der Waals surface area contributed by atoms with Crippen molar-refractivity contribution in [3.05, 3.63) is 12.2 Å². The van der Waals surface area contributed by atoms with E-state index in [9.17, 15) is 14.4 Å². The van der Waals surface area contributed by atoms with Crippen LogP contribution in [-0.4, -0.2) is 73.1 Å². The number of rotatable bonds is 38. The first-order chi connectivity index (χ1) is 25.7. The molecule has 0 aliphatic carbocycles. The van der Waals surface area contributed by atoms with Gasteiger partial charge in [-0.15, -0.1) is 0 Å². The lowest BCUT2D eigenvalue weighted by atomic mass is 9.98. The first-order valence-electron chi connectivity index (χ1n) is 22.1. The molecule has 0 spiro atoms.